The lowest BCUT2D eigenvalue weighted by molar-refractivity contribution is -0.140. The van der Waals surface area contributed by atoms with Crippen LogP contribution in [0.25, 0.3) is 0 Å². The number of ketones is 1. The van der Waals surface area contributed by atoms with E-state index in [-0.39, 0.29) is 12.0 Å². The largest absolute Gasteiger partial charge is 0.419 e. The molecule has 0 bridgehead atoms. The summed E-state index contributed by atoms with van der Waals surface area (Å²) in [7, 11) is 0. The van der Waals surface area contributed by atoms with E-state index in [1.807, 2.05) is 0 Å². The Hall–Kier alpha value is -1.47. The molecule has 0 radical (unpaired) electrons. The fraction of sp³-hybridized carbons (Fsp3) is 0.417. The summed E-state index contributed by atoms with van der Waals surface area (Å²) < 4.78 is 60.4. The molecule has 1 aliphatic heterocycles. The first-order valence-corrected chi connectivity index (χ1v) is 5.51. The summed E-state index contributed by atoms with van der Waals surface area (Å²) >= 11 is 0. The van der Waals surface area contributed by atoms with Gasteiger partial charge < -0.3 is 9.47 Å². The summed E-state index contributed by atoms with van der Waals surface area (Å²) in [6.07, 6.45) is -5.63. The van der Waals surface area contributed by atoms with Gasteiger partial charge in [0, 0.05) is 5.56 Å². The van der Waals surface area contributed by atoms with Crippen molar-refractivity contribution in [3.05, 3.63) is 35.1 Å². The van der Waals surface area contributed by atoms with Gasteiger partial charge in [-0.1, -0.05) is 6.07 Å². The highest BCUT2D eigenvalue weighted by molar-refractivity contribution is 5.96. The average molecular weight is 278 g/mol. The first-order chi connectivity index (χ1) is 8.88. The van der Waals surface area contributed by atoms with Gasteiger partial charge in [-0.05, 0) is 12.1 Å². The molecule has 1 aromatic rings. The SMILES string of the molecule is O=C(CC1OCCO1)c1ccc(C(F)(F)F)c(F)c1. The predicted octanol–water partition coefficient (Wildman–Crippen LogP) is 2.79. The van der Waals surface area contributed by atoms with Crippen LogP contribution in [0.4, 0.5) is 17.6 Å². The molecule has 7 heteroatoms. The minimum atomic E-state index is -4.77. The van der Waals surface area contributed by atoms with E-state index in [4.69, 9.17) is 9.47 Å². The number of benzene rings is 1. The number of Topliss-reactive ketones (excluding diaryl/α,β-unsaturated/α-hetero) is 1. The Morgan fingerprint density at radius 1 is 1.26 bits per heavy atom. The van der Waals surface area contributed by atoms with E-state index in [0.717, 1.165) is 6.07 Å². The van der Waals surface area contributed by atoms with Gasteiger partial charge in [-0.2, -0.15) is 13.2 Å². The summed E-state index contributed by atoms with van der Waals surface area (Å²) in [5.74, 6) is -1.99. The van der Waals surface area contributed by atoms with Crippen molar-refractivity contribution >= 4 is 5.78 Å². The van der Waals surface area contributed by atoms with E-state index in [0.29, 0.717) is 25.3 Å². The Labute approximate surface area is 106 Å². The Kier molecular flexibility index (Phi) is 3.86. The van der Waals surface area contributed by atoms with Crippen molar-refractivity contribution in [3.63, 3.8) is 0 Å². The minimum Gasteiger partial charge on any atom is -0.350 e. The maximum Gasteiger partial charge on any atom is 0.419 e. The van der Waals surface area contributed by atoms with E-state index in [1.54, 1.807) is 0 Å². The van der Waals surface area contributed by atoms with Crippen LogP contribution >= 0.6 is 0 Å². The molecule has 3 nitrogen and oxygen atoms in total. The van der Waals surface area contributed by atoms with Crippen molar-refractivity contribution in [1.29, 1.82) is 0 Å². The van der Waals surface area contributed by atoms with E-state index in [2.05, 4.69) is 0 Å². The smallest absolute Gasteiger partial charge is 0.350 e. The molecular weight excluding hydrogens is 268 g/mol. The summed E-state index contributed by atoms with van der Waals surface area (Å²) in [5, 5.41) is 0. The van der Waals surface area contributed by atoms with Gasteiger partial charge in [0.2, 0.25) is 0 Å². The third-order valence-electron chi connectivity index (χ3n) is 2.64. The fourth-order valence-corrected chi connectivity index (χ4v) is 1.71. The molecule has 1 fully saturated rings. The summed E-state index contributed by atoms with van der Waals surface area (Å²) in [5.41, 5.74) is -1.53. The molecule has 0 amide bonds. The highest BCUT2D eigenvalue weighted by Crippen LogP contribution is 2.31. The lowest BCUT2D eigenvalue weighted by atomic mass is 10.0. The zero-order chi connectivity index (χ0) is 14.0. The van der Waals surface area contributed by atoms with E-state index in [9.17, 15) is 22.4 Å². The minimum absolute atomic E-state index is 0.135. The van der Waals surface area contributed by atoms with Gasteiger partial charge >= 0.3 is 6.18 Å². The zero-order valence-electron chi connectivity index (χ0n) is 9.67. The lowest BCUT2D eigenvalue weighted by Gasteiger charge is -2.10. The van der Waals surface area contributed by atoms with Gasteiger partial charge in [0.1, 0.15) is 5.82 Å². The first-order valence-electron chi connectivity index (χ1n) is 5.51. The predicted molar refractivity (Wildman–Crippen MR) is 56.0 cm³/mol. The quantitative estimate of drug-likeness (QED) is 0.630. The van der Waals surface area contributed by atoms with Crippen molar-refractivity contribution in [1.82, 2.24) is 0 Å². The lowest BCUT2D eigenvalue weighted by Crippen LogP contribution is -2.15. The van der Waals surface area contributed by atoms with Crippen LogP contribution in [-0.2, 0) is 15.7 Å². The molecule has 1 saturated heterocycles. The van der Waals surface area contributed by atoms with Gasteiger partial charge in [-0.25, -0.2) is 4.39 Å². The number of hydrogen-bond donors (Lipinski definition) is 0. The standard InChI is InChI=1S/C12H10F4O3/c13-9-5-7(1-2-8(9)12(14,15)16)10(17)6-11-18-3-4-19-11/h1-2,5,11H,3-4,6H2. The monoisotopic (exact) mass is 278 g/mol. The molecule has 1 heterocycles. The van der Waals surface area contributed by atoms with E-state index >= 15 is 0 Å². The molecule has 0 unspecified atom stereocenters. The molecule has 0 spiro atoms. The van der Waals surface area contributed by atoms with Crippen LogP contribution in [0, 0.1) is 5.82 Å². The van der Waals surface area contributed by atoms with Crippen LogP contribution < -0.4 is 0 Å². The van der Waals surface area contributed by atoms with Crippen molar-refractivity contribution in [2.24, 2.45) is 0 Å². The van der Waals surface area contributed by atoms with Crippen LogP contribution in [-0.4, -0.2) is 25.3 Å². The average Bonchev–Trinajstić information content (AvgIpc) is 2.79. The number of carbonyl (C=O) groups excluding carboxylic acids is 1. The van der Waals surface area contributed by atoms with Crippen LogP contribution in [0.5, 0.6) is 0 Å². The van der Waals surface area contributed by atoms with Crippen LogP contribution in [0.2, 0.25) is 0 Å². The molecule has 0 saturated carbocycles. The van der Waals surface area contributed by atoms with Gasteiger partial charge in [-0.15, -0.1) is 0 Å². The van der Waals surface area contributed by atoms with Crippen LogP contribution in [0.3, 0.4) is 0 Å². The van der Waals surface area contributed by atoms with Crippen molar-refractivity contribution in [2.75, 3.05) is 13.2 Å². The second-order valence-corrected chi connectivity index (χ2v) is 3.99. The zero-order valence-corrected chi connectivity index (χ0v) is 9.67. The number of rotatable bonds is 3. The molecule has 2 rings (SSSR count). The number of carbonyl (C=O) groups is 1. The molecule has 1 aromatic carbocycles. The Balaban J connectivity index is 2.12. The molecule has 0 aliphatic carbocycles. The second-order valence-electron chi connectivity index (χ2n) is 3.99. The van der Waals surface area contributed by atoms with Gasteiger partial charge in [0.15, 0.2) is 12.1 Å². The Bertz CT molecular complexity index is 478. The van der Waals surface area contributed by atoms with Gasteiger partial charge in [-0.3, -0.25) is 4.79 Å². The highest BCUT2D eigenvalue weighted by Gasteiger charge is 2.34. The van der Waals surface area contributed by atoms with Crippen LogP contribution in [0.1, 0.15) is 22.3 Å². The van der Waals surface area contributed by atoms with E-state index in [1.165, 1.54) is 0 Å². The molecular formula is C12H10F4O3. The third kappa shape index (κ3) is 3.30. The molecule has 1 aliphatic rings. The Morgan fingerprint density at radius 3 is 2.42 bits per heavy atom. The number of alkyl halides is 3. The molecule has 0 N–H and O–H groups in total. The second kappa shape index (κ2) is 5.26. The summed E-state index contributed by atoms with van der Waals surface area (Å²) in [6.45, 7) is 0.721. The maximum absolute atomic E-state index is 13.3. The van der Waals surface area contributed by atoms with Crippen molar-refractivity contribution < 1.29 is 31.8 Å². The van der Waals surface area contributed by atoms with Crippen LogP contribution in [0.15, 0.2) is 18.2 Å². The number of halogens is 4. The molecule has 104 valence electrons. The topological polar surface area (TPSA) is 35.5 Å². The molecule has 19 heavy (non-hydrogen) atoms. The van der Waals surface area contributed by atoms with E-state index < -0.39 is 29.6 Å². The first kappa shape index (κ1) is 14.0. The third-order valence-corrected chi connectivity index (χ3v) is 2.64. The normalized spacial score (nSPS) is 16.8. The number of ether oxygens (including phenoxy) is 2. The maximum atomic E-state index is 13.3. The van der Waals surface area contributed by atoms with Gasteiger partial charge in [0.05, 0.1) is 25.2 Å². The van der Waals surface area contributed by atoms with Crippen molar-refractivity contribution in [2.45, 2.75) is 18.9 Å². The molecule has 0 aromatic heterocycles. The number of hydrogen-bond acceptors (Lipinski definition) is 3. The summed E-state index contributed by atoms with van der Waals surface area (Å²) in [4.78, 5) is 11.7. The fourth-order valence-electron chi connectivity index (χ4n) is 1.71. The molecule has 0 atom stereocenters. The van der Waals surface area contributed by atoms with Gasteiger partial charge in [0.25, 0.3) is 0 Å². The summed E-state index contributed by atoms with van der Waals surface area (Å²) in [6, 6.07) is 2.09. The highest BCUT2D eigenvalue weighted by atomic mass is 19.4. The Morgan fingerprint density at radius 2 is 1.89 bits per heavy atom. The van der Waals surface area contributed by atoms with Crippen molar-refractivity contribution in [3.8, 4) is 0 Å².